The van der Waals surface area contributed by atoms with Crippen LogP contribution in [-0.2, 0) is 4.79 Å². The van der Waals surface area contributed by atoms with Crippen LogP contribution in [0.3, 0.4) is 0 Å². The number of thioether (sulfide) groups is 1. The number of benzene rings is 1. The van der Waals surface area contributed by atoms with Crippen LogP contribution >= 0.6 is 23.4 Å². The van der Waals surface area contributed by atoms with Crippen molar-refractivity contribution in [2.45, 2.75) is 4.90 Å². The lowest BCUT2D eigenvalue weighted by Crippen LogP contribution is -2.25. The third-order valence-electron chi connectivity index (χ3n) is 1.55. The van der Waals surface area contributed by atoms with Crippen LogP contribution in [0.1, 0.15) is 0 Å². The zero-order valence-corrected chi connectivity index (χ0v) is 9.44. The van der Waals surface area contributed by atoms with Crippen LogP contribution in [0, 0.1) is 11.3 Å². The molecule has 0 unspecified atom stereocenters. The Morgan fingerprint density at radius 1 is 1.47 bits per heavy atom. The maximum absolute atomic E-state index is 11.1. The van der Waals surface area contributed by atoms with Crippen molar-refractivity contribution in [3.8, 4) is 6.07 Å². The molecule has 1 N–H and O–H groups in total. The average molecular weight is 241 g/mol. The molecule has 0 aliphatic heterocycles. The fourth-order valence-corrected chi connectivity index (χ4v) is 1.72. The van der Waals surface area contributed by atoms with Crippen molar-refractivity contribution >= 4 is 29.3 Å². The number of carbonyl (C=O) groups is 1. The number of amides is 1. The lowest BCUT2D eigenvalue weighted by Gasteiger charge is -2.01. The van der Waals surface area contributed by atoms with E-state index in [0.29, 0.717) is 10.8 Å². The Balaban J connectivity index is 2.34. The second kappa shape index (κ2) is 6.33. The van der Waals surface area contributed by atoms with Gasteiger partial charge >= 0.3 is 0 Å². The number of hydrogen-bond donors (Lipinski definition) is 1. The highest BCUT2D eigenvalue weighted by Crippen LogP contribution is 2.19. The van der Waals surface area contributed by atoms with Crippen LogP contribution in [0.5, 0.6) is 0 Å². The molecule has 1 amide bonds. The van der Waals surface area contributed by atoms with Gasteiger partial charge in [-0.3, -0.25) is 4.79 Å². The maximum atomic E-state index is 11.1. The van der Waals surface area contributed by atoms with E-state index in [4.69, 9.17) is 16.9 Å². The van der Waals surface area contributed by atoms with Gasteiger partial charge in [-0.25, -0.2) is 0 Å². The van der Waals surface area contributed by atoms with Gasteiger partial charge in [-0.05, 0) is 24.3 Å². The Bertz CT molecular complexity index is 372. The van der Waals surface area contributed by atoms with Gasteiger partial charge in [-0.15, -0.1) is 11.8 Å². The Hall–Kier alpha value is -1.18. The molecule has 0 aromatic heterocycles. The Morgan fingerprint density at radius 2 is 2.13 bits per heavy atom. The topological polar surface area (TPSA) is 52.9 Å². The minimum atomic E-state index is -0.142. The molecule has 0 radical (unpaired) electrons. The summed E-state index contributed by atoms with van der Waals surface area (Å²) in [5.74, 6) is 0.167. The Labute approximate surface area is 97.4 Å². The molecule has 78 valence electrons. The van der Waals surface area contributed by atoms with Crippen molar-refractivity contribution in [2.24, 2.45) is 0 Å². The first kappa shape index (κ1) is 11.9. The van der Waals surface area contributed by atoms with Crippen molar-refractivity contribution in [3.63, 3.8) is 0 Å². The van der Waals surface area contributed by atoms with E-state index in [2.05, 4.69) is 5.32 Å². The molecular weight excluding hydrogens is 232 g/mol. The van der Waals surface area contributed by atoms with E-state index < -0.39 is 0 Å². The number of rotatable bonds is 4. The van der Waals surface area contributed by atoms with Crippen LogP contribution < -0.4 is 5.32 Å². The van der Waals surface area contributed by atoms with Gasteiger partial charge in [0.15, 0.2) is 0 Å². The summed E-state index contributed by atoms with van der Waals surface area (Å²) in [4.78, 5) is 12.1. The highest BCUT2D eigenvalue weighted by atomic mass is 35.5. The van der Waals surface area contributed by atoms with Gasteiger partial charge in [0.05, 0.1) is 11.8 Å². The summed E-state index contributed by atoms with van der Waals surface area (Å²) >= 11 is 7.13. The van der Waals surface area contributed by atoms with Crippen molar-refractivity contribution in [1.82, 2.24) is 5.32 Å². The number of halogens is 1. The lowest BCUT2D eigenvalue weighted by atomic mass is 10.4. The number of carbonyl (C=O) groups excluding carboxylic acids is 1. The average Bonchev–Trinajstić information content (AvgIpc) is 2.25. The van der Waals surface area contributed by atoms with Gasteiger partial charge in [-0.1, -0.05) is 11.6 Å². The van der Waals surface area contributed by atoms with E-state index in [9.17, 15) is 4.79 Å². The minimum Gasteiger partial charge on any atom is -0.342 e. The van der Waals surface area contributed by atoms with E-state index in [0.717, 1.165) is 4.90 Å². The predicted molar refractivity (Wildman–Crippen MR) is 60.8 cm³/mol. The van der Waals surface area contributed by atoms with Gasteiger partial charge < -0.3 is 5.32 Å². The minimum absolute atomic E-state index is 0.0556. The summed E-state index contributed by atoms with van der Waals surface area (Å²) < 4.78 is 0. The molecule has 0 aliphatic carbocycles. The number of hydrogen-bond acceptors (Lipinski definition) is 3. The van der Waals surface area contributed by atoms with Crippen molar-refractivity contribution in [3.05, 3.63) is 29.3 Å². The third kappa shape index (κ3) is 4.73. The molecule has 0 fully saturated rings. The molecule has 1 aromatic carbocycles. The summed E-state index contributed by atoms with van der Waals surface area (Å²) in [5, 5.41) is 11.4. The molecule has 1 aromatic rings. The van der Waals surface area contributed by atoms with E-state index in [1.807, 2.05) is 18.2 Å². The second-order valence-corrected chi connectivity index (χ2v) is 4.16. The molecule has 0 atom stereocenters. The van der Waals surface area contributed by atoms with Gasteiger partial charge in [0.2, 0.25) is 5.91 Å². The van der Waals surface area contributed by atoms with Crippen molar-refractivity contribution < 1.29 is 4.79 Å². The van der Waals surface area contributed by atoms with Crippen LogP contribution in [0.4, 0.5) is 0 Å². The molecule has 0 saturated heterocycles. The van der Waals surface area contributed by atoms with Gasteiger partial charge in [0, 0.05) is 9.92 Å². The lowest BCUT2D eigenvalue weighted by molar-refractivity contribution is -0.118. The molecule has 15 heavy (non-hydrogen) atoms. The predicted octanol–water partition coefficient (Wildman–Crippen LogP) is 2.07. The first-order valence-electron chi connectivity index (χ1n) is 4.24. The Morgan fingerprint density at radius 3 is 2.73 bits per heavy atom. The highest BCUT2D eigenvalue weighted by Gasteiger charge is 2.01. The molecule has 3 nitrogen and oxygen atoms in total. The van der Waals surface area contributed by atoms with Crippen LogP contribution in [0.15, 0.2) is 29.2 Å². The molecule has 1 rings (SSSR count). The monoisotopic (exact) mass is 240 g/mol. The summed E-state index contributed by atoms with van der Waals surface area (Å²) in [5.41, 5.74) is 0. The van der Waals surface area contributed by atoms with Crippen LogP contribution in [-0.4, -0.2) is 18.2 Å². The number of nitrogens with one attached hydrogen (secondary N) is 1. The smallest absolute Gasteiger partial charge is 0.231 e. The van der Waals surface area contributed by atoms with E-state index >= 15 is 0 Å². The molecule has 0 saturated carbocycles. The van der Waals surface area contributed by atoms with Crippen LogP contribution in [0.2, 0.25) is 5.02 Å². The summed E-state index contributed by atoms with van der Waals surface area (Å²) in [6.07, 6.45) is 0. The fraction of sp³-hybridized carbons (Fsp3) is 0.200. The zero-order chi connectivity index (χ0) is 11.1. The van der Waals surface area contributed by atoms with E-state index in [-0.39, 0.29) is 12.5 Å². The van der Waals surface area contributed by atoms with Crippen molar-refractivity contribution in [1.29, 1.82) is 5.26 Å². The van der Waals surface area contributed by atoms with Gasteiger partial charge in [0.25, 0.3) is 0 Å². The van der Waals surface area contributed by atoms with Gasteiger partial charge in [-0.2, -0.15) is 5.26 Å². The molecule has 0 heterocycles. The largest absolute Gasteiger partial charge is 0.342 e. The quantitative estimate of drug-likeness (QED) is 0.648. The van der Waals surface area contributed by atoms with Crippen LogP contribution in [0.25, 0.3) is 0 Å². The first-order chi connectivity index (χ1) is 7.22. The standard InChI is InChI=1S/C10H9ClN2OS/c11-8-1-3-9(4-2-8)15-7-10(14)13-6-5-12/h1-4H,6-7H2,(H,13,14). The molecule has 0 aliphatic rings. The molecule has 5 heteroatoms. The fourth-order valence-electron chi connectivity index (χ4n) is 0.869. The number of nitrogens with zero attached hydrogens (tertiary/aromatic N) is 1. The highest BCUT2D eigenvalue weighted by molar-refractivity contribution is 8.00. The maximum Gasteiger partial charge on any atom is 0.231 e. The molecule has 0 bridgehead atoms. The molecule has 0 spiro atoms. The SMILES string of the molecule is N#CCNC(=O)CSc1ccc(Cl)cc1. The van der Waals surface area contributed by atoms with E-state index in [1.54, 1.807) is 12.1 Å². The second-order valence-electron chi connectivity index (χ2n) is 2.68. The summed E-state index contributed by atoms with van der Waals surface area (Å²) in [6.45, 7) is 0.0556. The van der Waals surface area contributed by atoms with Crippen molar-refractivity contribution in [2.75, 3.05) is 12.3 Å². The molecular formula is C10H9ClN2OS. The first-order valence-corrected chi connectivity index (χ1v) is 5.61. The zero-order valence-electron chi connectivity index (χ0n) is 7.87. The number of nitriles is 1. The summed E-state index contributed by atoms with van der Waals surface area (Å²) in [7, 11) is 0. The normalized spacial score (nSPS) is 9.33. The van der Waals surface area contributed by atoms with E-state index in [1.165, 1.54) is 11.8 Å². The Kier molecular flexibility index (Phi) is 5.02. The summed E-state index contributed by atoms with van der Waals surface area (Å²) in [6, 6.07) is 9.10. The third-order valence-corrected chi connectivity index (χ3v) is 2.81. The van der Waals surface area contributed by atoms with Gasteiger partial charge in [0.1, 0.15) is 6.54 Å².